The highest BCUT2D eigenvalue weighted by Gasteiger charge is 2.38. The number of benzene rings is 1. The molecule has 2 unspecified atom stereocenters. The first-order valence-corrected chi connectivity index (χ1v) is 6.75. The molecule has 2 rings (SSSR count). The molecular weight excluding hydrogens is 270 g/mol. The SMILES string of the molecule is Cc1ccc(C#N)cc1NC(=O)N1CCC(C(=O)O)C1C. The summed E-state index contributed by atoms with van der Waals surface area (Å²) in [6.07, 6.45) is 0.459. The number of aliphatic carboxylic acids is 1. The summed E-state index contributed by atoms with van der Waals surface area (Å²) in [5.74, 6) is -1.40. The summed E-state index contributed by atoms with van der Waals surface area (Å²) >= 11 is 0. The summed E-state index contributed by atoms with van der Waals surface area (Å²) in [4.78, 5) is 24.9. The summed E-state index contributed by atoms with van der Waals surface area (Å²) in [7, 11) is 0. The van der Waals surface area contributed by atoms with Gasteiger partial charge in [0.05, 0.1) is 17.6 Å². The van der Waals surface area contributed by atoms with Gasteiger partial charge >= 0.3 is 12.0 Å². The van der Waals surface area contributed by atoms with Gasteiger partial charge in [0, 0.05) is 18.3 Å². The molecule has 21 heavy (non-hydrogen) atoms. The van der Waals surface area contributed by atoms with Gasteiger partial charge < -0.3 is 15.3 Å². The molecule has 0 spiro atoms. The maximum atomic E-state index is 12.3. The molecule has 1 aliphatic rings. The van der Waals surface area contributed by atoms with Gasteiger partial charge in [-0.05, 0) is 38.0 Å². The number of carboxylic acid groups (broad SMARTS) is 1. The third-order valence-electron chi connectivity index (χ3n) is 3.94. The van der Waals surface area contributed by atoms with Crippen molar-refractivity contribution in [2.75, 3.05) is 11.9 Å². The number of anilines is 1. The molecule has 0 saturated carbocycles. The van der Waals surface area contributed by atoms with Crippen molar-refractivity contribution >= 4 is 17.7 Å². The van der Waals surface area contributed by atoms with Crippen molar-refractivity contribution in [3.05, 3.63) is 29.3 Å². The number of hydrogen-bond acceptors (Lipinski definition) is 3. The zero-order valence-electron chi connectivity index (χ0n) is 12.0. The highest BCUT2D eigenvalue weighted by atomic mass is 16.4. The number of nitrogens with zero attached hydrogens (tertiary/aromatic N) is 2. The van der Waals surface area contributed by atoms with Crippen molar-refractivity contribution in [3.8, 4) is 6.07 Å². The van der Waals surface area contributed by atoms with Gasteiger partial charge in [-0.1, -0.05) is 6.07 Å². The molecule has 2 amide bonds. The van der Waals surface area contributed by atoms with Crippen molar-refractivity contribution in [2.24, 2.45) is 5.92 Å². The van der Waals surface area contributed by atoms with E-state index in [9.17, 15) is 9.59 Å². The lowest BCUT2D eigenvalue weighted by Crippen LogP contribution is -2.40. The van der Waals surface area contributed by atoms with Crippen molar-refractivity contribution < 1.29 is 14.7 Å². The zero-order valence-corrected chi connectivity index (χ0v) is 12.0. The van der Waals surface area contributed by atoms with Gasteiger partial charge in [-0.15, -0.1) is 0 Å². The Morgan fingerprint density at radius 3 is 2.76 bits per heavy atom. The third-order valence-corrected chi connectivity index (χ3v) is 3.94. The number of aryl methyl sites for hydroxylation is 1. The molecule has 0 bridgehead atoms. The first kappa shape index (κ1) is 14.9. The fraction of sp³-hybridized carbons (Fsp3) is 0.400. The van der Waals surface area contributed by atoms with Crippen LogP contribution in [0.15, 0.2) is 18.2 Å². The number of urea groups is 1. The molecule has 1 heterocycles. The normalized spacial score (nSPS) is 20.9. The zero-order chi connectivity index (χ0) is 15.6. The predicted octanol–water partition coefficient (Wildman–Crippen LogP) is 2.19. The second kappa shape index (κ2) is 5.83. The highest BCUT2D eigenvalue weighted by Crippen LogP contribution is 2.26. The van der Waals surface area contributed by atoms with Crippen molar-refractivity contribution in [2.45, 2.75) is 26.3 Å². The van der Waals surface area contributed by atoms with Crippen LogP contribution >= 0.6 is 0 Å². The van der Waals surface area contributed by atoms with Crippen LogP contribution in [0.2, 0.25) is 0 Å². The topological polar surface area (TPSA) is 93.4 Å². The number of nitriles is 1. The summed E-state index contributed by atoms with van der Waals surface area (Å²) in [6.45, 7) is 4.00. The lowest BCUT2D eigenvalue weighted by molar-refractivity contribution is -0.142. The first-order chi connectivity index (χ1) is 9.93. The summed E-state index contributed by atoms with van der Waals surface area (Å²) in [6, 6.07) is 6.41. The Labute approximate surface area is 123 Å². The Morgan fingerprint density at radius 2 is 2.19 bits per heavy atom. The molecule has 0 radical (unpaired) electrons. The van der Waals surface area contributed by atoms with Crippen LogP contribution in [0.4, 0.5) is 10.5 Å². The minimum Gasteiger partial charge on any atom is -0.481 e. The Balaban J connectivity index is 2.13. The van der Waals surface area contributed by atoms with Crippen LogP contribution in [0.1, 0.15) is 24.5 Å². The Morgan fingerprint density at radius 1 is 1.48 bits per heavy atom. The van der Waals surface area contributed by atoms with E-state index >= 15 is 0 Å². The molecule has 1 fully saturated rings. The Kier molecular flexibility index (Phi) is 4.13. The maximum absolute atomic E-state index is 12.3. The van der Waals surface area contributed by atoms with Crippen LogP contribution in [-0.4, -0.2) is 34.6 Å². The van der Waals surface area contributed by atoms with Gasteiger partial charge in [0.2, 0.25) is 0 Å². The van der Waals surface area contributed by atoms with E-state index in [1.807, 2.05) is 13.0 Å². The number of hydrogen-bond donors (Lipinski definition) is 2. The highest BCUT2D eigenvalue weighted by molar-refractivity contribution is 5.91. The lowest BCUT2D eigenvalue weighted by Gasteiger charge is -2.24. The summed E-state index contributed by atoms with van der Waals surface area (Å²) < 4.78 is 0. The van der Waals surface area contributed by atoms with Crippen LogP contribution in [0, 0.1) is 24.2 Å². The number of rotatable bonds is 2. The van der Waals surface area contributed by atoms with Crippen LogP contribution in [0.5, 0.6) is 0 Å². The monoisotopic (exact) mass is 287 g/mol. The van der Waals surface area contributed by atoms with E-state index in [-0.39, 0.29) is 12.1 Å². The molecule has 1 aromatic carbocycles. The lowest BCUT2D eigenvalue weighted by atomic mass is 10.0. The second-order valence-corrected chi connectivity index (χ2v) is 5.24. The van der Waals surface area contributed by atoms with Gasteiger partial charge in [-0.2, -0.15) is 5.26 Å². The van der Waals surface area contributed by atoms with Gasteiger partial charge in [0.1, 0.15) is 0 Å². The number of carbonyl (C=O) groups excluding carboxylic acids is 1. The standard InChI is InChI=1S/C15H17N3O3/c1-9-3-4-11(8-16)7-13(9)17-15(21)18-6-5-12(10(18)2)14(19)20/h3-4,7,10,12H,5-6H2,1-2H3,(H,17,21)(H,19,20). The second-order valence-electron chi connectivity index (χ2n) is 5.24. The van der Waals surface area contributed by atoms with Gasteiger partial charge in [-0.3, -0.25) is 4.79 Å². The van der Waals surface area contributed by atoms with Crippen molar-refractivity contribution in [3.63, 3.8) is 0 Å². The average molecular weight is 287 g/mol. The van der Waals surface area contributed by atoms with E-state index in [0.717, 1.165) is 5.56 Å². The number of likely N-dealkylation sites (tertiary alicyclic amines) is 1. The number of amides is 2. The minimum absolute atomic E-state index is 0.329. The molecule has 1 aliphatic heterocycles. The van der Waals surface area contributed by atoms with Crippen LogP contribution in [0.25, 0.3) is 0 Å². The smallest absolute Gasteiger partial charge is 0.322 e. The predicted molar refractivity (Wildman–Crippen MR) is 76.8 cm³/mol. The van der Waals surface area contributed by atoms with Crippen molar-refractivity contribution in [1.29, 1.82) is 5.26 Å². The molecule has 0 aliphatic carbocycles. The quantitative estimate of drug-likeness (QED) is 0.872. The van der Waals surface area contributed by atoms with Gasteiger partial charge in [0.25, 0.3) is 0 Å². The fourth-order valence-corrected chi connectivity index (χ4v) is 2.57. The molecule has 6 nitrogen and oxygen atoms in total. The summed E-state index contributed by atoms with van der Waals surface area (Å²) in [5, 5.41) is 20.7. The molecule has 2 N–H and O–H groups in total. The van der Waals surface area contributed by atoms with Crippen LogP contribution < -0.4 is 5.32 Å². The Bertz CT molecular complexity index is 621. The van der Waals surface area contributed by atoms with E-state index < -0.39 is 11.9 Å². The van der Waals surface area contributed by atoms with Gasteiger partial charge in [-0.25, -0.2) is 4.79 Å². The minimum atomic E-state index is -0.875. The van der Waals surface area contributed by atoms with E-state index in [0.29, 0.717) is 24.2 Å². The van der Waals surface area contributed by atoms with E-state index in [1.165, 1.54) is 4.90 Å². The Hall–Kier alpha value is -2.55. The number of nitrogens with one attached hydrogen (secondary N) is 1. The fourth-order valence-electron chi connectivity index (χ4n) is 2.57. The molecule has 1 aromatic rings. The van der Waals surface area contributed by atoms with Crippen molar-refractivity contribution in [1.82, 2.24) is 4.90 Å². The van der Waals surface area contributed by atoms with Crippen LogP contribution in [0.3, 0.4) is 0 Å². The van der Waals surface area contributed by atoms with E-state index in [1.54, 1.807) is 25.1 Å². The van der Waals surface area contributed by atoms with E-state index in [2.05, 4.69) is 5.32 Å². The third kappa shape index (κ3) is 2.97. The first-order valence-electron chi connectivity index (χ1n) is 6.75. The molecule has 6 heteroatoms. The maximum Gasteiger partial charge on any atom is 0.322 e. The molecule has 110 valence electrons. The average Bonchev–Trinajstić information content (AvgIpc) is 2.83. The molecule has 0 aromatic heterocycles. The van der Waals surface area contributed by atoms with Crippen LogP contribution in [-0.2, 0) is 4.79 Å². The van der Waals surface area contributed by atoms with E-state index in [4.69, 9.17) is 10.4 Å². The molecular formula is C15H17N3O3. The molecule has 2 atom stereocenters. The van der Waals surface area contributed by atoms with Gasteiger partial charge in [0.15, 0.2) is 0 Å². The largest absolute Gasteiger partial charge is 0.481 e. The summed E-state index contributed by atoms with van der Waals surface area (Å²) in [5.41, 5.74) is 1.89. The molecule has 1 saturated heterocycles. The number of carbonyl (C=O) groups is 2. The number of carboxylic acids is 1.